The number of nitrogens with one attached hydrogen (secondary N) is 1. The normalized spacial score (nSPS) is 29.3. The highest BCUT2D eigenvalue weighted by Gasteiger charge is 2.66. The summed E-state index contributed by atoms with van der Waals surface area (Å²) >= 11 is 6.02. The molecule has 2 saturated heterocycles. The maximum Gasteiger partial charge on any atom is 0.231 e. The summed E-state index contributed by atoms with van der Waals surface area (Å²) in [6, 6.07) is 17.1. The van der Waals surface area contributed by atoms with E-state index in [0.29, 0.717) is 23.8 Å². The summed E-state index contributed by atoms with van der Waals surface area (Å²) in [7, 11) is 0. The first-order valence-electron chi connectivity index (χ1n) is 9.82. The summed E-state index contributed by atoms with van der Waals surface area (Å²) in [5.41, 5.74) is 1.12. The van der Waals surface area contributed by atoms with Gasteiger partial charge in [-0.05, 0) is 30.2 Å². The van der Waals surface area contributed by atoms with Gasteiger partial charge in [0.15, 0.2) is 0 Å². The lowest BCUT2D eigenvalue weighted by atomic mass is 9.77. The summed E-state index contributed by atoms with van der Waals surface area (Å²) in [6.07, 6.45) is 4.32. The van der Waals surface area contributed by atoms with Gasteiger partial charge < -0.3 is 15.0 Å². The number of hydrogen-bond donors (Lipinski definition) is 1. The summed E-state index contributed by atoms with van der Waals surface area (Å²) in [5.74, 6) is -1.22. The van der Waals surface area contributed by atoms with Gasteiger partial charge >= 0.3 is 0 Å². The molecule has 2 unspecified atom stereocenters. The Morgan fingerprint density at radius 3 is 2.83 bits per heavy atom. The van der Waals surface area contributed by atoms with Gasteiger partial charge in [-0.1, -0.05) is 60.2 Å². The van der Waals surface area contributed by atoms with E-state index in [4.69, 9.17) is 16.3 Å². The number of halogens is 1. The first kappa shape index (κ1) is 18.4. The highest BCUT2D eigenvalue weighted by atomic mass is 35.5. The van der Waals surface area contributed by atoms with E-state index < -0.39 is 17.4 Å². The average molecular weight is 409 g/mol. The molecular formula is C23H21ClN2O3. The molecule has 2 bridgehead atoms. The molecule has 0 aromatic heterocycles. The minimum absolute atomic E-state index is 0.000903. The van der Waals surface area contributed by atoms with Gasteiger partial charge in [0.25, 0.3) is 0 Å². The van der Waals surface area contributed by atoms with Crippen molar-refractivity contribution in [2.45, 2.75) is 18.1 Å². The van der Waals surface area contributed by atoms with Gasteiger partial charge in [-0.25, -0.2) is 0 Å². The van der Waals surface area contributed by atoms with Crippen LogP contribution in [0.1, 0.15) is 5.56 Å². The zero-order valence-electron chi connectivity index (χ0n) is 15.8. The fourth-order valence-electron chi connectivity index (χ4n) is 4.77. The number of rotatable bonds is 5. The molecule has 5 rings (SSSR count). The summed E-state index contributed by atoms with van der Waals surface area (Å²) in [6.45, 7) is 1.11. The lowest BCUT2D eigenvalue weighted by Gasteiger charge is -2.23. The number of anilines is 1. The van der Waals surface area contributed by atoms with Gasteiger partial charge in [-0.15, -0.1) is 0 Å². The van der Waals surface area contributed by atoms with Crippen molar-refractivity contribution in [2.24, 2.45) is 11.8 Å². The van der Waals surface area contributed by atoms with Crippen molar-refractivity contribution in [3.8, 4) is 0 Å². The monoisotopic (exact) mass is 408 g/mol. The SMILES string of the molecule is O=C(Nc1cccc(Cl)c1)C1C2C(=O)N(CCc3ccccc3)C[C@]23C=C[C@@H]1O3. The van der Waals surface area contributed by atoms with Gasteiger partial charge in [0.2, 0.25) is 11.8 Å². The van der Waals surface area contributed by atoms with E-state index >= 15 is 0 Å². The number of likely N-dealkylation sites (tertiary alicyclic amines) is 1. The van der Waals surface area contributed by atoms with Gasteiger partial charge in [-0.3, -0.25) is 9.59 Å². The van der Waals surface area contributed by atoms with Gasteiger partial charge in [0, 0.05) is 17.3 Å². The van der Waals surface area contributed by atoms with Crippen LogP contribution in [0.4, 0.5) is 5.69 Å². The topological polar surface area (TPSA) is 58.6 Å². The van der Waals surface area contributed by atoms with Crippen LogP contribution in [0.2, 0.25) is 5.02 Å². The molecule has 1 N–H and O–H groups in total. The van der Waals surface area contributed by atoms with Crippen molar-refractivity contribution in [1.82, 2.24) is 4.90 Å². The molecule has 2 fully saturated rings. The van der Waals surface area contributed by atoms with Crippen molar-refractivity contribution >= 4 is 29.1 Å². The Kier molecular flexibility index (Phi) is 4.45. The van der Waals surface area contributed by atoms with Crippen LogP contribution < -0.4 is 5.32 Å². The Bertz CT molecular complexity index is 993. The molecule has 5 nitrogen and oxygen atoms in total. The quantitative estimate of drug-likeness (QED) is 0.772. The zero-order valence-corrected chi connectivity index (χ0v) is 16.5. The second kappa shape index (κ2) is 7.01. The summed E-state index contributed by atoms with van der Waals surface area (Å²) in [5, 5.41) is 3.45. The molecule has 3 heterocycles. The van der Waals surface area contributed by atoms with Crippen LogP contribution in [0.25, 0.3) is 0 Å². The molecule has 3 aliphatic rings. The van der Waals surface area contributed by atoms with Crippen molar-refractivity contribution in [3.05, 3.63) is 77.3 Å². The number of fused-ring (bicyclic) bond motifs is 1. The van der Waals surface area contributed by atoms with E-state index in [1.807, 2.05) is 35.3 Å². The van der Waals surface area contributed by atoms with Crippen molar-refractivity contribution in [3.63, 3.8) is 0 Å². The Morgan fingerprint density at radius 2 is 2.03 bits per heavy atom. The minimum Gasteiger partial charge on any atom is -0.360 e. The second-order valence-corrected chi connectivity index (χ2v) is 8.33. The molecule has 2 aromatic carbocycles. The molecule has 0 saturated carbocycles. The van der Waals surface area contributed by atoms with Gasteiger partial charge in [0.1, 0.15) is 5.60 Å². The summed E-state index contributed by atoms with van der Waals surface area (Å²) in [4.78, 5) is 28.1. The van der Waals surface area contributed by atoms with E-state index in [1.54, 1.807) is 24.3 Å². The maximum atomic E-state index is 13.2. The number of hydrogen-bond acceptors (Lipinski definition) is 3. The van der Waals surface area contributed by atoms with E-state index in [1.165, 1.54) is 5.56 Å². The van der Waals surface area contributed by atoms with Crippen molar-refractivity contribution in [2.75, 3.05) is 18.4 Å². The lowest BCUT2D eigenvalue weighted by molar-refractivity contribution is -0.135. The largest absolute Gasteiger partial charge is 0.360 e. The zero-order chi connectivity index (χ0) is 20.0. The van der Waals surface area contributed by atoms with Crippen LogP contribution in [-0.2, 0) is 20.7 Å². The first-order valence-corrected chi connectivity index (χ1v) is 10.2. The summed E-state index contributed by atoms with van der Waals surface area (Å²) < 4.78 is 6.17. The highest BCUT2D eigenvalue weighted by molar-refractivity contribution is 6.30. The molecule has 6 heteroatoms. The predicted octanol–water partition coefficient (Wildman–Crippen LogP) is 3.30. The Hall–Kier alpha value is -2.63. The smallest absolute Gasteiger partial charge is 0.231 e. The standard InChI is InChI=1S/C23H21ClN2O3/c24-16-7-4-8-17(13-16)25-21(27)19-18-9-11-23(29-18)14-26(22(28)20(19)23)12-10-15-5-2-1-3-6-15/h1-9,11,13,18-20H,10,12,14H2,(H,25,27)/t18-,19?,20?,23+/m0/s1. The molecule has 2 amide bonds. The molecule has 1 spiro atoms. The number of carbonyl (C=O) groups excluding carboxylic acids is 2. The number of benzene rings is 2. The van der Waals surface area contributed by atoms with Gasteiger partial charge in [-0.2, -0.15) is 0 Å². The minimum atomic E-state index is -0.686. The molecule has 0 radical (unpaired) electrons. The van der Waals surface area contributed by atoms with Gasteiger partial charge in [0.05, 0.1) is 24.5 Å². The molecule has 2 aromatic rings. The first-order chi connectivity index (χ1) is 14.1. The molecule has 29 heavy (non-hydrogen) atoms. The fraction of sp³-hybridized carbons (Fsp3) is 0.304. The Balaban J connectivity index is 1.33. The van der Waals surface area contributed by atoms with E-state index in [-0.39, 0.29) is 17.9 Å². The number of amides is 2. The number of ether oxygens (including phenoxy) is 1. The van der Waals surface area contributed by atoms with E-state index in [0.717, 1.165) is 6.42 Å². The predicted molar refractivity (Wildman–Crippen MR) is 111 cm³/mol. The average Bonchev–Trinajstić information content (AvgIpc) is 3.35. The van der Waals surface area contributed by atoms with E-state index in [9.17, 15) is 9.59 Å². The van der Waals surface area contributed by atoms with Crippen LogP contribution in [-0.4, -0.2) is 41.5 Å². The van der Waals surface area contributed by atoms with Crippen molar-refractivity contribution in [1.29, 1.82) is 0 Å². The molecule has 3 aliphatic heterocycles. The molecular weight excluding hydrogens is 388 g/mol. The highest BCUT2D eigenvalue weighted by Crippen LogP contribution is 2.52. The second-order valence-electron chi connectivity index (χ2n) is 7.89. The van der Waals surface area contributed by atoms with Crippen LogP contribution in [0.3, 0.4) is 0 Å². The third kappa shape index (κ3) is 3.15. The molecule has 148 valence electrons. The number of carbonyl (C=O) groups is 2. The maximum absolute atomic E-state index is 13.2. The van der Waals surface area contributed by atoms with Crippen LogP contribution >= 0.6 is 11.6 Å². The third-order valence-electron chi connectivity index (χ3n) is 6.09. The molecule has 0 aliphatic carbocycles. The van der Waals surface area contributed by atoms with Crippen LogP contribution in [0, 0.1) is 11.8 Å². The molecule has 4 atom stereocenters. The van der Waals surface area contributed by atoms with Crippen LogP contribution in [0.5, 0.6) is 0 Å². The van der Waals surface area contributed by atoms with Crippen molar-refractivity contribution < 1.29 is 14.3 Å². The number of nitrogens with zero attached hydrogens (tertiary/aromatic N) is 1. The lowest BCUT2D eigenvalue weighted by Crippen LogP contribution is -2.41. The Labute approximate surface area is 174 Å². The fourth-order valence-corrected chi connectivity index (χ4v) is 4.96. The van der Waals surface area contributed by atoms with E-state index in [2.05, 4.69) is 17.4 Å². The van der Waals surface area contributed by atoms with Crippen LogP contribution in [0.15, 0.2) is 66.7 Å². The Morgan fingerprint density at radius 1 is 1.21 bits per heavy atom. The third-order valence-corrected chi connectivity index (χ3v) is 6.32.